The number of nitrogens with zero attached hydrogens (tertiary/aromatic N) is 4. The molecule has 0 saturated carbocycles. The van der Waals surface area contributed by atoms with E-state index in [4.69, 9.17) is 9.84 Å². The number of nitrogens with one attached hydrogen (secondary N) is 1. The Bertz CT molecular complexity index is 1000. The van der Waals surface area contributed by atoms with Crippen LogP contribution in [0.2, 0.25) is 0 Å². The lowest BCUT2D eigenvalue weighted by molar-refractivity contribution is -0.116. The van der Waals surface area contributed by atoms with E-state index in [1.807, 2.05) is 17.9 Å². The van der Waals surface area contributed by atoms with E-state index < -0.39 is 6.09 Å². The van der Waals surface area contributed by atoms with Gasteiger partial charge in [0.25, 0.3) is 0 Å². The number of carbonyl (C=O) groups excluding carboxylic acids is 1. The first-order valence-electron chi connectivity index (χ1n) is 9.76. The molecule has 2 aliphatic heterocycles. The summed E-state index contributed by atoms with van der Waals surface area (Å²) in [7, 11) is 1.54. The van der Waals surface area contributed by atoms with Gasteiger partial charge in [-0.2, -0.15) is 5.10 Å². The number of methoxy groups -OCH3 is 1. The van der Waals surface area contributed by atoms with Crippen molar-refractivity contribution >= 4 is 24.0 Å². The zero-order valence-corrected chi connectivity index (χ0v) is 17.3. The molecular formula is C21H24FN5O4. The Labute approximate surface area is 178 Å². The fraction of sp³-hybridized carbons (Fsp3) is 0.333. The number of rotatable bonds is 4. The number of ketones is 1. The Balaban J connectivity index is 0.000000254. The van der Waals surface area contributed by atoms with Crippen LogP contribution in [0.25, 0.3) is 0 Å². The van der Waals surface area contributed by atoms with Crippen LogP contribution in [0.15, 0.2) is 41.5 Å². The van der Waals surface area contributed by atoms with Crippen LogP contribution in [0.3, 0.4) is 0 Å². The van der Waals surface area contributed by atoms with E-state index in [9.17, 15) is 14.0 Å². The second-order valence-electron chi connectivity index (χ2n) is 6.96. The van der Waals surface area contributed by atoms with Crippen molar-refractivity contribution in [1.29, 1.82) is 0 Å². The molecule has 1 aromatic heterocycles. The number of hydrogen-bond donors (Lipinski definition) is 2. The number of aromatic nitrogens is 2. The van der Waals surface area contributed by atoms with E-state index in [2.05, 4.69) is 15.2 Å². The second kappa shape index (κ2) is 9.88. The first kappa shape index (κ1) is 22.0. The highest BCUT2D eigenvalue weighted by atomic mass is 19.1. The number of anilines is 1. The van der Waals surface area contributed by atoms with Crippen LogP contribution in [0.4, 0.5) is 15.0 Å². The molecule has 1 amide bonds. The molecule has 1 unspecified atom stereocenters. The van der Waals surface area contributed by atoms with Crippen molar-refractivity contribution in [3.8, 4) is 5.75 Å². The molecule has 31 heavy (non-hydrogen) atoms. The smallest absolute Gasteiger partial charge is 0.412 e. The molecule has 0 spiro atoms. The summed E-state index contributed by atoms with van der Waals surface area (Å²) in [6.45, 7) is 2.71. The predicted octanol–water partition coefficient (Wildman–Crippen LogP) is 3.16. The summed E-state index contributed by atoms with van der Waals surface area (Å²) in [6, 6.07) is 6.05. The maximum atomic E-state index is 13.6. The molecule has 10 heteroatoms. The Hall–Kier alpha value is -3.69. The molecule has 0 aliphatic carbocycles. The molecule has 2 aromatic rings. The monoisotopic (exact) mass is 429 g/mol. The summed E-state index contributed by atoms with van der Waals surface area (Å²) in [5.74, 6) is 1.06. The molecule has 1 fully saturated rings. The zero-order chi connectivity index (χ0) is 22.4. The lowest BCUT2D eigenvalue weighted by atomic mass is 10.0. The molecule has 2 aliphatic rings. The van der Waals surface area contributed by atoms with Gasteiger partial charge >= 0.3 is 6.09 Å². The number of amides is 1. The van der Waals surface area contributed by atoms with Crippen molar-refractivity contribution in [3.63, 3.8) is 0 Å². The van der Waals surface area contributed by atoms with Gasteiger partial charge in [-0.25, -0.2) is 14.2 Å². The van der Waals surface area contributed by atoms with Gasteiger partial charge in [-0.15, -0.1) is 0 Å². The van der Waals surface area contributed by atoms with Gasteiger partial charge < -0.3 is 14.7 Å². The summed E-state index contributed by atoms with van der Waals surface area (Å²) < 4.78 is 19.0. The third-order valence-corrected chi connectivity index (χ3v) is 4.93. The minimum absolute atomic E-state index is 0.109. The summed E-state index contributed by atoms with van der Waals surface area (Å²) in [5.41, 5.74) is 1.67. The topological polar surface area (TPSA) is 111 Å². The van der Waals surface area contributed by atoms with Gasteiger partial charge in [0.1, 0.15) is 17.9 Å². The maximum absolute atomic E-state index is 13.6. The largest absolute Gasteiger partial charge is 0.496 e. The average molecular weight is 429 g/mol. The normalized spacial score (nSPS) is 17.5. The Kier molecular flexibility index (Phi) is 7.01. The lowest BCUT2D eigenvalue weighted by Gasteiger charge is -2.25. The average Bonchev–Trinajstić information content (AvgIpc) is 3.41. The fourth-order valence-electron chi connectivity index (χ4n) is 3.37. The second-order valence-corrected chi connectivity index (χ2v) is 6.96. The number of Topliss-reactive ketones (excluding diaryl/α,β-unsaturated/α-hetero) is 1. The molecule has 0 radical (unpaired) electrons. The highest BCUT2D eigenvalue weighted by Crippen LogP contribution is 2.38. The van der Waals surface area contributed by atoms with Gasteiger partial charge in [0.05, 0.1) is 19.7 Å². The van der Waals surface area contributed by atoms with Crippen LogP contribution in [0.5, 0.6) is 5.75 Å². The van der Waals surface area contributed by atoms with E-state index in [0.717, 1.165) is 17.0 Å². The Morgan fingerprint density at radius 2 is 2.19 bits per heavy atom. The van der Waals surface area contributed by atoms with E-state index in [0.29, 0.717) is 30.1 Å². The van der Waals surface area contributed by atoms with E-state index in [1.54, 1.807) is 25.5 Å². The van der Waals surface area contributed by atoms with E-state index in [-0.39, 0.29) is 24.2 Å². The number of benzene rings is 1. The van der Waals surface area contributed by atoms with E-state index in [1.165, 1.54) is 18.5 Å². The molecule has 2 N–H and O–H groups in total. The SMILES string of the molecule is CCc1cc(N2CC(=O)CC2c2cc(F)ccc2OC)n[nH]1.O=C(O)N1C=NC=CC1. The highest BCUT2D eigenvalue weighted by Gasteiger charge is 2.35. The molecule has 1 saturated heterocycles. The minimum Gasteiger partial charge on any atom is -0.496 e. The number of aryl methyl sites for hydroxylation is 1. The number of ether oxygens (including phenoxy) is 1. The van der Waals surface area contributed by atoms with Crippen molar-refractivity contribution < 1.29 is 23.8 Å². The van der Waals surface area contributed by atoms with Gasteiger partial charge in [-0.3, -0.25) is 14.8 Å². The minimum atomic E-state index is -0.969. The number of hydrogen-bond acceptors (Lipinski definition) is 6. The number of aliphatic imine (C=N–C) groups is 1. The molecule has 164 valence electrons. The van der Waals surface area contributed by atoms with Crippen molar-refractivity contribution in [2.45, 2.75) is 25.8 Å². The first-order valence-corrected chi connectivity index (χ1v) is 9.76. The van der Waals surface area contributed by atoms with Crippen LogP contribution in [-0.2, 0) is 11.2 Å². The third kappa shape index (κ3) is 5.27. The quantitative estimate of drug-likeness (QED) is 0.772. The fourth-order valence-corrected chi connectivity index (χ4v) is 3.37. The molecule has 9 nitrogen and oxygen atoms in total. The molecule has 0 bridgehead atoms. The summed E-state index contributed by atoms with van der Waals surface area (Å²) in [5, 5.41) is 15.6. The number of carboxylic acid groups (broad SMARTS) is 1. The van der Waals surface area contributed by atoms with Gasteiger partial charge in [-0.05, 0) is 30.7 Å². The highest BCUT2D eigenvalue weighted by molar-refractivity contribution is 5.88. The summed E-state index contributed by atoms with van der Waals surface area (Å²) in [4.78, 5) is 28.7. The number of halogens is 1. The number of H-pyrrole nitrogens is 1. The number of carbonyl (C=O) groups is 2. The lowest BCUT2D eigenvalue weighted by Crippen LogP contribution is -2.29. The summed E-state index contributed by atoms with van der Waals surface area (Å²) >= 11 is 0. The number of aromatic amines is 1. The third-order valence-electron chi connectivity index (χ3n) is 4.93. The van der Waals surface area contributed by atoms with Gasteiger partial charge in [0.2, 0.25) is 0 Å². The Morgan fingerprint density at radius 3 is 2.77 bits per heavy atom. The predicted molar refractivity (Wildman–Crippen MR) is 113 cm³/mol. The van der Waals surface area contributed by atoms with Gasteiger partial charge in [0, 0.05) is 36.5 Å². The van der Waals surface area contributed by atoms with Crippen molar-refractivity contribution in [2.75, 3.05) is 25.1 Å². The summed E-state index contributed by atoms with van der Waals surface area (Å²) in [6.07, 6.45) is 4.72. The Morgan fingerprint density at radius 1 is 1.39 bits per heavy atom. The standard InChI is InChI=1S/C16H18FN3O2.C5H6N2O2/c1-3-11-7-16(19-18-11)20-9-12(21)8-14(20)13-6-10(17)4-5-15(13)22-2;8-5(9)7-3-1-2-6-4-7/h4-7,14H,3,8-9H2,1-2H3,(H,18,19);1-2,4H,3H2,(H,8,9). The zero-order valence-electron chi connectivity index (χ0n) is 17.3. The maximum Gasteiger partial charge on any atom is 0.412 e. The van der Waals surface area contributed by atoms with Crippen molar-refractivity contribution in [3.05, 3.63) is 53.6 Å². The van der Waals surface area contributed by atoms with Crippen molar-refractivity contribution in [1.82, 2.24) is 15.1 Å². The molecule has 4 rings (SSSR count). The van der Waals surface area contributed by atoms with Crippen LogP contribution in [-0.4, -0.2) is 58.6 Å². The molecule has 1 aromatic carbocycles. The van der Waals surface area contributed by atoms with E-state index >= 15 is 0 Å². The molecule has 3 heterocycles. The van der Waals surface area contributed by atoms with Gasteiger partial charge in [-0.1, -0.05) is 6.92 Å². The van der Waals surface area contributed by atoms with Crippen LogP contribution in [0, 0.1) is 5.82 Å². The van der Waals surface area contributed by atoms with Crippen LogP contribution < -0.4 is 9.64 Å². The van der Waals surface area contributed by atoms with Gasteiger partial charge in [0.15, 0.2) is 11.6 Å². The van der Waals surface area contributed by atoms with Crippen LogP contribution in [0.1, 0.15) is 30.6 Å². The molecular weight excluding hydrogens is 405 g/mol. The first-order chi connectivity index (χ1) is 14.9. The van der Waals surface area contributed by atoms with Crippen LogP contribution >= 0.6 is 0 Å². The van der Waals surface area contributed by atoms with Crippen molar-refractivity contribution in [2.24, 2.45) is 4.99 Å². The molecule has 1 atom stereocenters.